The lowest BCUT2D eigenvalue weighted by Crippen LogP contribution is -2.13. The van der Waals surface area contributed by atoms with Crippen molar-refractivity contribution in [3.63, 3.8) is 0 Å². The molecule has 0 bridgehead atoms. The summed E-state index contributed by atoms with van der Waals surface area (Å²) >= 11 is 0. The molecule has 0 aliphatic heterocycles. The summed E-state index contributed by atoms with van der Waals surface area (Å²) in [7, 11) is 0. The molecule has 1 heterocycles. The van der Waals surface area contributed by atoms with Crippen molar-refractivity contribution in [3.05, 3.63) is 59.7 Å². The van der Waals surface area contributed by atoms with Gasteiger partial charge in [-0.25, -0.2) is 9.97 Å². The fourth-order valence-corrected chi connectivity index (χ4v) is 2.51. The van der Waals surface area contributed by atoms with E-state index in [0.29, 0.717) is 5.92 Å². The van der Waals surface area contributed by atoms with Gasteiger partial charge in [0.25, 0.3) is 0 Å². The van der Waals surface area contributed by atoms with Crippen LogP contribution in [0.15, 0.2) is 42.7 Å². The maximum Gasteiger partial charge on any atom is 0.135 e. The summed E-state index contributed by atoms with van der Waals surface area (Å²) in [5.41, 5.74) is 2.88. The summed E-state index contributed by atoms with van der Waals surface area (Å²) in [6.07, 6.45) is 7.26. The van der Waals surface area contributed by atoms with E-state index in [1.807, 2.05) is 18.5 Å². The molecule has 16 heavy (non-hydrogen) atoms. The first-order valence-electron chi connectivity index (χ1n) is 5.80. The zero-order chi connectivity index (χ0) is 10.8. The van der Waals surface area contributed by atoms with Crippen molar-refractivity contribution in [1.82, 2.24) is 9.97 Å². The summed E-state index contributed by atoms with van der Waals surface area (Å²) < 4.78 is 0. The molecule has 3 rings (SSSR count). The molecule has 0 fully saturated rings. The van der Waals surface area contributed by atoms with Gasteiger partial charge >= 0.3 is 0 Å². The molecule has 2 aromatic rings. The zero-order valence-electron chi connectivity index (χ0n) is 9.13. The average Bonchev–Trinajstić information content (AvgIpc) is 2.39. The molecule has 1 aliphatic rings. The number of fused-ring (bicyclic) bond motifs is 1. The number of aromatic nitrogens is 2. The minimum atomic E-state index is 0.395. The molecule has 1 aliphatic carbocycles. The largest absolute Gasteiger partial charge is 0.241 e. The highest BCUT2D eigenvalue weighted by Crippen LogP contribution is 2.34. The van der Waals surface area contributed by atoms with Crippen molar-refractivity contribution in [2.75, 3.05) is 0 Å². The molecule has 2 heteroatoms. The SMILES string of the molecule is c1cnc([C@@H]2CCCc3ccccc32)nc1. The molecule has 0 saturated heterocycles. The van der Waals surface area contributed by atoms with E-state index in [1.54, 1.807) is 0 Å². The van der Waals surface area contributed by atoms with E-state index in [-0.39, 0.29) is 0 Å². The second-order valence-electron chi connectivity index (χ2n) is 4.25. The van der Waals surface area contributed by atoms with Crippen molar-refractivity contribution in [3.8, 4) is 0 Å². The normalized spacial score (nSPS) is 19.1. The predicted molar refractivity (Wildman–Crippen MR) is 63.3 cm³/mol. The molecule has 1 atom stereocenters. The predicted octanol–water partition coefficient (Wildman–Crippen LogP) is 2.94. The van der Waals surface area contributed by atoms with Gasteiger partial charge < -0.3 is 0 Å². The molecule has 2 nitrogen and oxygen atoms in total. The molecule has 0 unspecified atom stereocenters. The van der Waals surface area contributed by atoms with Crippen molar-refractivity contribution in [2.45, 2.75) is 25.2 Å². The first kappa shape index (κ1) is 9.52. The molecule has 0 amide bonds. The fraction of sp³-hybridized carbons (Fsp3) is 0.286. The standard InChI is InChI=1S/C14H14N2/c1-2-7-12-11(5-1)6-3-8-13(12)14-15-9-4-10-16-14/h1-2,4-5,7,9-10,13H,3,6,8H2/t13-/m1/s1. The van der Waals surface area contributed by atoms with Crippen LogP contribution < -0.4 is 0 Å². The Morgan fingerprint density at radius 3 is 2.69 bits per heavy atom. The second-order valence-corrected chi connectivity index (χ2v) is 4.25. The number of hydrogen-bond donors (Lipinski definition) is 0. The number of aryl methyl sites for hydroxylation is 1. The quantitative estimate of drug-likeness (QED) is 0.723. The van der Waals surface area contributed by atoms with Crippen LogP contribution in [0.4, 0.5) is 0 Å². The number of rotatable bonds is 1. The molecule has 0 radical (unpaired) electrons. The Hall–Kier alpha value is -1.70. The lowest BCUT2D eigenvalue weighted by molar-refractivity contribution is 0.590. The molecule has 1 aromatic heterocycles. The van der Waals surface area contributed by atoms with Crippen LogP contribution in [-0.2, 0) is 6.42 Å². The number of nitrogens with zero attached hydrogens (tertiary/aromatic N) is 2. The lowest BCUT2D eigenvalue weighted by Gasteiger charge is -2.24. The van der Waals surface area contributed by atoms with Crippen LogP contribution in [0.25, 0.3) is 0 Å². The Labute approximate surface area is 95.4 Å². The molecule has 1 aromatic carbocycles. The van der Waals surface area contributed by atoms with Gasteiger partial charge in [-0.1, -0.05) is 24.3 Å². The highest BCUT2D eigenvalue weighted by Gasteiger charge is 2.22. The topological polar surface area (TPSA) is 25.8 Å². The highest BCUT2D eigenvalue weighted by molar-refractivity contribution is 5.36. The zero-order valence-corrected chi connectivity index (χ0v) is 9.13. The molecule has 0 saturated carbocycles. The van der Waals surface area contributed by atoms with E-state index >= 15 is 0 Å². The Morgan fingerprint density at radius 1 is 1.00 bits per heavy atom. The van der Waals surface area contributed by atoms with Gasteiger partial charge in [0.1, 0.15) is 5.82 Å². The van der Waals surface area contributed by atoms with Gasteiger partial charge in [0.15, 0.2) is 0 Å². The van der Waals surface area contributed by atoms with Crippen molar-refractivity contribution >= 4 is 0 Å². The smallest absolute Gasteiger partial charge is 0.135 e. The third kappa shape index (κ3) is 1.60. The highest BCUT2D eigenvalue weighted by atomic mass is 14.9. The van der Waals surface area contributed by atoms with E-state index in [0.717, 1.165) is 5.82 Å². The first-order valence-corrected chi connectivity index (χ1v) is 5.80. The summed E-state index contributed by atoms with van der Waals surface area (Å²) in [5.74, 6) is 1.36. The van der Waals surface area contributed by atoms with Gasteiger partial charge in [0, 0.05) is 18.3 Å². The van der Waals surface area contributed by atoms with E-state index in [9.17, 15) is 0 Å². The van der Waals surface area contributed by atoms with Crippen LogP contribution in [0.3, 0.4) is 0 Å². The minimum Gasteiger partial charge on any atom is -0.241 e. The van der Waals surface area contributed by atoms with Crippen LogP contribution in [0.5, 0.6) is 0 Å². The van der Waals surface area contributed by atoms with Crippen LogP contribution in [-0.4, -0.2) is 9.97 Å². The summed E-state index contributed by atoms with van der Waals surface area (Å²) in [4.78, 5) is 8.78. The first-order chi connectivity index (χ1) is 7.95. The second kappa shape index (κ2) is 4.05. The summed E-state index contributed by atoms with van der Waals surface area (Å²) in [6, 6.07) is 10.5. The fourth-order valence-electron chi connectivity index (χ4n) is 2.51. The van der Waals surface area contributed by atoms with Crippen molar-refractivity contribution < 1.29 is 0 Å². The Balaban J connectivity index is 2.05. The Morgan fingerprint density at radius 2 is 1.81 bits per heavy atom. The van der Waals surface area contributed by atoms with E-state index in [2.05, 4.69) is 34.2 Å². The summed E-state index contributed by atoms with van der Waals surface area (Å²) in [6.45, 7) is 0. The number of hydrogen-bond acceptors (Lipinski definition) is 2. The van der Waals surface area contributed by atoms with Crippen molar-refractivity contribution in [1.29, 1.82) is 0 Å². The minimum absolute atomic E-state index is 0.395. The molecule has 0 N–H and O–H groups in total. The lowest BCUT2D eigenvalue weighted by atomic mass is 9.82. The van der Waals surface area contributed by atoms with Gasteiger partial charge in [-0.2, -0.15) is 0 Å². The van der Waals surface area contributed by atoms with Crippen molar-refractivity contribution in [2.24, 2.45) is 0 Å². The third-order valence-electron chi connectivity index (χ3n) is 3.27. The Bertz CT molecular complexity index is 479. The molecular weight excluding hydrogens is 196 g/mol. The van der Waals surface area contributed by atoms with E-state index < -0.39 is 0 Å². The molecular formula is C14H14N2. The number of benzene rings is 1. The molecule has 80 valence electrons. The van der Waals surface area contributed by atoms with Crippen LogP contribution in [0.1, 0.15) is 35.7 Å². The maximum absolute atomic E-state index is 4.39. The van der Waals surface area contributed by atoms with Gasteiger partial charge in [0.05, 0.1) is 0 Å². The average molecular weight is 210 g/mol. The van der Waals surface area contributed by atoms with Crippen LogP contribution >= 0.6 is 0 Å². The molecule has 0 spiro atoms. The van der Waals surface area contributed by atoms with Crippen LogP contribution in [0, 0.1) is 0 Å². The Kier molecular flexibility index (Phi) is 2.41. The van der Waals surface area contributed by atoms with Gasteiger partial charge in [-0.05, 0) is 36.5 Å². The van der Waals surface area contributed by atoms with Gasteiger partial charge in [-0.3, -0.25) is 0 Å². The maximum atomic E-state index is 4.39. The third-order valence-corrected chi connectivity index (χ3v) is 3.27. The van der Waals surface area contributed by atoms with Crippen LogP contribution in [0.2, 0.25) is 0 Å². The van der Waals surface area contributed by atoms with Gasteiger partial charge in [-0.15, -0.1) is 0 Å². The monoisotopic (exact) mass is 210 g/mol. The van der Waals surface area contributed by atoms with E-state index in [4.69, 9.17) is 0 Å². The summed E-state index contributed by atoms with van der Waals surface area (Å²) in [5, 5.41) is 0. The van der Waals surface area contributed by atoms with Gasteiger partial charge in [0.2, 0.25) is 0 Å². The van der Waals surface area contributed by atoms with E-state index in [1.165, 1.54) is 30.4 Å².